The molecule has 2 aromatic rings. The topological polar surface area (TPSA) is 88.8 Å². The van der Waals surface area contributed by atoms with Crippen LogP contribution >= 0.6 is 0 Å². The average molecular weight is 572 g/mol. The van der Waals surface area contributed by atoms with Crippen molar-refractivity contribution in [3.8, 4) is 12.1 Å². The van der Waals surface area contributed by atoms with Crippen LogP contribution in [0.1, 0.15) is 54.0 Å². The Kier molecular flexibility index (Phi) is 7.01. The van der Waals surface area contributed by atoms with Crippen LogP contribution in [0.25, 0.3) is 0 Å². The number of ether oxygens (including phenoxy) is 1. The number of carbonyl (C=O) groups excluding carboxylic acids is 1. The van der Waals surface area contributed by atoms with Crippen molar-refractivity contribution in [1.29, 1.82) is 5.26 Å². The van der Waals surface area contributed by atoms with Gasteiger partial charge in [0.05, 0.1) is 30.8 Å². The molecule has 0 bridgehead atoms. The van der Waals surface area contributed by atoms with Crippen LogP contribution in [0.2, 0.25) is 0 Å². The Morgan fingerprint density at radius 3 is 2.86 bits per heavy atom. The number of benzene rings is 1. The van der Waals surface area contributed by atoms with Gasteiger partial charge in [0.2, 0.25) is 0 Å². The number of aromatic nitrogens is 2. The minimum Gasteiger partial charge on any atom is -0.462 e. The Morgan fingerprint density at radius 2 is 2.07 bits per heavy atom. The summed E-state index contributed by atoms with van der Waals surface area (Å²) in [7, 11) is 2.13. The third kappa shape index (κ3) is 4.87. The molecule has 4 atom stereocenters. The molecule has 10 heteroatoms. The number of carbonyl (C=O) groups is 1. The molecule has 2 saturated heterocycles. The van der Waals surface area contributed by atoms with Crippen molar-refractivity contribution < 1.29 is 13.9 Å². The summed E-state index contributed by atoms with van der Waals surface area (Å²) in [4.78, 5) is 30.8. The van der Waals surface area contributed by atoms with Crippen LogP contribution in [0.15, 0.2) is 30.6 Å². The normalized spacial score (nSPS) is 26.4. The van der Waals surface area contributed by atoms with Gasteiger partial charge in [0.15, 0.2) is 5.83 Å². The zero-order valence-corrected chi connectivity index (χ0v) is 24.3. The summed E-state index contributed by atoms with van der Waals surface area (Å²) >= 11 is 0. The minimum atomic E-state index is -0.997. The van der Waals surface area contributed by atoms with Crippen molar-refractivity contribution in [1.82, 2.24) is 19.8 Å². The van der Waals surface area contributed by atoms with Gasteiger partial charge >= 0.3 is 6.01 Å². The molecule has 3 fully saturated rings. The number of halogens is 1. The van der Waals surface area contributed by atoms with Crippen LogP contribution in [0.4, 0.5) is 15.9 Å². The second-order valence-corrected chi connectivity index (χ2v) is 12.5. The molecule has 220 valence electrons. The summed E-state index contributed by atoms with van der Waals surface area (Å²) in [6.07, 6.45) is 5.66. The molecule has 5 aliphatic rings. The van der Waals surface area contributed by atoms with Gasteiger partial charge in [-0.3, -0.25) is 4.79 Å². The number of nitriles is 1. The van der Waals surface area contributed by atoms with E-state index < -0.39 is 17.8 Å². The lowest BCUT2D eigenvalue weighted by Gasteiger charge is -2.42. The minimum absolute atomic E-state index is 0.106. The number of amides is 1. The van der Waals surface area contributed by atoms with Gasteiger partial charge in [-0.1, -0.05) is 18.7 Å². The summed E-state index contributed by atoms with van der Waals surface area (Å²) in [6.45, 7) is 7.50. The molecule has 2 aliphatic carbocycles. The van der Waals surface area contributed by atoms with Crippen LogP contribution in [-0.2, 0) is 24.2 Å². The van der Waals surface area contributed by atoms with Crippen LogP contribution in [0.3, 0.4) is 0 Å². The van der Waals surface area contributed by atoms with Gasteiger partial charge in [-0.05, 0) is 74.7 Å². The van der Waals surface area contributed by atoms with Gasteiger partial charge < -0.3 is 24.3 Å². The van der Waals surface area contributed by atoms with E-state index in [0.717, 1.165) is 55.3 Å². The van der Waals surface area contributed by atoms with Gasteiger partial charge in [-0.2, -0.15) is 15.2 Å². The predicted molar refractivity (Wildman–Crippen MR) is 157 cm³/mol. The second-order valence-electron chi connectivity index (χ2n) is 12.5. The SMILES string of the molecule is C=C(F)C(=O)N1CCN(c2nc(OC[C@@H]3CCCN3C)nc3c2CCN(c2cccc4c2[C@@H]2C[C@@H]2C4)C3)C[C@@H]1CC#N. The number of likely N-dealkylation sites (tertiary alicyclic amines) is 1. The molecule has 0 spiro atoms. The maximum absolute atomic E-state index is 13.8. The van der Waals surface area contributed by atoms with Crippen molar-refractivity contribution in [3.63, 3.8) is 0 Å². The molecule has 0 radical (unpaired) electrons. The average Bonchev–Trinajstić information content (AvgIpc) is 3.47. The maximum atomic E-state index is 13.8. The molecule has 1 saturated carbocycles. The molecule has 7 rings (SSSR count). The highest BCUT2D eigenvalue weighted by molar-refractivity contribution is 5.91. The predicted octanol–water partition coefficient (Wildman–Crippen LogP) is 3.59. The third-order valence-electron chi connectivity index (χ3n) is 9.99. The number of hydrogen-bond acceptors (Lipinski definition) is 8. The molecule has 1 amide bonds. The van der Waals surface area contributed by atoms with Gasteiger partial charge in [0.1, 0.15) is 12.4 Å². The molecular weight excluding hydrogens is 533 g/mol. The zero-order chi connectivity index (χ0) is 29.0. The van der Waals surface area contributed by atoms with Gasteiger partial charge in [0.25, 0.3) is 5.91 Å². The highest BCUT2D eigenvalue weighted by Crippen LogP contribution is 2.59. The summed E-state index contributed by atoms with van der Waals surface area (Å²) in [6, 6.07) is 9.17. The van der Waals surface area contributed by atoms with Crippen LogP contribution in [-0.4, -0.2) is 84.1 Å². The molecule has 4 heterocycles. The van der Waals surface area contributed by atoms with E-state index in [2.05, 4.69) is 52.6 Å². The van der Waals surface area contributed by atoms with Crippen molar-refractivity contribution in [3.05, 3.63) is 53.0 Å². The first-order valence-electron chi connectivity index (χ1n) is 15.3. The second kappa shape index (κ2) is 10.8. The van der Waals surface area contributed by atoms with Crippen molar-refractivity contribution in [2.75, 3.05) is 56.2 Å². The number of nitrogens with zero attached hydrogens (tertiary/aromatic N) is 7. The van der Waals surface area contributed by atoms with E-state index in [9.17, 15) is 14.4 Å². The smallest absolute Gasteiger partial charge is 0.318 e. The van der Waals surface area contributed by atoms with Gasteiger partial charge in [-0.25, -0.2) is 4.39 Å². The number of piperazine rings is 1. The molecular formula is C32H38FN7O2. The quantitative estimate of drug-likeness (QED) is 0.466. The first-order valence-corrected chi connectivity index (χ1v) is 15.3. The number of hydrogen-bond donors (Lipinski definition) is 0. The fraction of sp³-hybridized carbons (Fsp3) is 0.562. The fourth-order valence-corrected chi connectivity index (χ4v) is 7.62. The van der Waals surface area contributed by atoms with E-state index in [-0.39, 0.29) is 6.42 Å². The highest BCUT2D eigenvalue weighted by Gasteiger charge is 2.47. The first kappa shape index (κ1) is 27.1. The molecule has 1 aromatic heterocycles. The Hall–Kier alpha value is -3.71. The van der Waals surface area contributed by atoms with Crippen LogP contribution in [0, 0.1) is 17.2 Å². The molecule has 0 N–H and O–H groups in total. The third-order valence-corrected chi connectivity index (χ3v) is 9.99. The van der Waals surface area contributed by atoms with Crippen molar-refractivity contribution in [2.45, 2.75) is 63.1 Å². The number of fused-ring (bicyclic) bond motifs is 4. The highest BCUT2D eigenvalue weighted by atomic mass is 19.1. The van der Waals surface area contributed by atoms with E-state index >= 15 is 0 Å². The van der Waals surface area contributed by atoms with E-state index in [1.807, 2.05) is 0 Å². The van der Waals surface area contributed by atoms with Crippen LogP contribution < -0.4 is 14.5 Å². The maximum Gasteiger partial charge on any atom is 0.318 e. The molecule has 42 heavy (non-hydrogen) atoms. The molecule has 0 unspecified atom stereocenters. The molecule has 1 aromatic carbocycles. The summed E-state index contributed by atoms with van der Waals surface area (Å²) < 4.78 is 20.1. The standard InChI is InChI=1S/C32H38FN7O2/c1-20(33)31(41)40-14-13-39(17-23(40)8-10-34)30-25-9-12-38(28-7-3-5-21-15-22-16-26(22)29(21)28)18-27(25)35-32(36-30)42-19-24-6-4-11-37(24)2/h3,5,7,22-24,26H,1,4,6,8-9,11-19H2,2H3/t22-,23-,24-,26+/m0/s1. The number of likely N-dealkylation sites (N-methyl/N-ethyl adjacent to an activating group) is 1. The monoisotopic (exact) mass is 571 g/mol. The van der Waals surface area contributed by atoms with E-state index in [1.54, 1.807) is 0 Å². The lowest BCUT2D eigenvalue weighted by molar-refractivity contribution is -0.131. The number of anilines is 2. The fourth-order valence-electron chi connectivity index (χ4n) is 7.62. The van der Waals surface area contributed by atoms with Crippen molar-refractivity contribution in [2.24, 2.45) is 5.92 Å². The summed E-state index contributed by atoms with van der Waals surface area (Å²) in [5, 5.41) is 9.49. The van der Waals surface area contributed by atoms with E-state index in [0.29, 0.717) is 50.8 Å². The molecule has 9 nitrogen and oxygen atoms in total. The lowest BCUT2D eigenvalue weighted by atomic mass is 9.99. The number of rotatable bonds is 7. The lowest BCUT2D eigenvalue weighted by Crippen LogP contribution is -2.55. The molecule has 3 aliphatic heterocycles. The van der Waals surface area contributed by atoms with Gasteiger partial charge in [0, 0.05) is 43.5 Å². The van der Waals surface area contributed by atoms with E-state index in [4.69, 9.17) is 14.7 Å². The Morgan fingerprint density at radius 1 is 1.19 bits per heavy atom. The zero-order valence-electron chi connectivity index (χ0n) is 24.3. The first-order chi connectivity index (χ1) is 20.4. The van der Waals surface area contributed by atoms with Crippen LogP contribution in [0.5, 0.6) is 6.01 Å². The Bertz CT molecular complexity index is 1460. The van der Waals surface area contributed by atoms with E-state index in [1.165, 1.54) is 34.6 Å². The summed E-state index contributed by atoms with van der Waals surface area (Å²) in [5.41, 5.74) is 6.44. The Balaban J connectivity index is 1.19. The largest absolute Gasteiger partial charge is 0.462 e. The van der Waals surface area contributed by atoms with Crippen molar-refractivity contribution >= 4 is 17.4 Å². The summed E-state index contributed by atoms with van der Waals surface area (Å²) in [5.74, 6) is 0.598. The Labute approximate surface area is 246 Å². The van der Waals surface area contributed by atoms with Gasteiger partial charge in [-0.15, -0.1) is 0 Å².